The maximum absolute atomic E-state index is 12.9. The average Bonchev–Trinajstić information content (AvgIpc) is 2.87. The van der Waals surface area contributed by atoms with E-state index in [-0.39, 0.29) is 5.82 Å². The molecule has 3 aromatic rings. The molecule has 0 spiro atoms. The molecule has 0 bridgehead atoms. The van der Waals surface area contributed by atoms with Crippen LogP contribution in [-0.2, 0) is 0 Å². The van der Waals surface area contributed by atoms with Gasteiger partial charge in [0.2, 0.25) is 0 Å². The van der Waals surface area contributed by atoms with E-state index in [0.717, 1.165) is 11.3 Å². The largest absolute Gasteiger partial charge is 0.260 e. The Bertz CT molecular complexity index is 806. The van der Waals surface area contributed by atoms with Gasteiger partial charge in [0, 0.05) is 0 Å². The van der Waals surface area contributed by atoms with Gasteiger partial charge >= 0.3 is 0 Å². The molecule has 1 N–H and O–H groups in total. The number of nitrogens with one attached hydrogen (secondary N) is 1. The minimum Gasteiger partial charge on any atom is -0.260 e. The van der Waals surface area contributed by atoms with Crippen molar-refractivity contribution in [3.05, 3.63) is 53.6 Å². The summed E-state index contributed by atoms with van der Waals surface area (Å²) in [5, 5.41) is 16.5. The number of halogens is 1. The van der Waals surface area contributed by atoms with Crippen molar-refractivity contribution in [3.8, 4) is 0 Å². The summed E-state index contributed by atoms with van der Waals surface area (Å²) >= 11 is 0. The normalized spacial score (nSPS) is 11.9. The van der Waals surface area contributed by atoms with Gasteiger partial charge in [0.1, 0.15) is 5.82 Å². The zero-order chi connectivity index (χ0) is 14.8. The van der Waals surface area contributed by atoms with E-state index in [1.807, 2.05) is 13.8 Å². The maximum atomic E-state index is 12.9. The maximum Gasteiger partial charge on any atom is 0.178 e. The van der Waals surface area contributed by atoms with Crippen molar-refractivity contribution >= 4 is 17.2 Å². The number of hydrogen-bond donors (Lipinski definition) is 1. The van der Waals surface area contributed by atoms with Gasteiger partial charge in [0.25, 0.3) is 0 Å². The topological polar surface area (TPSA) is 67.5 Å². The van der Waals surface area contributed by atoms with Gasteiger partial charge in [-0.15, -0.1) is 15.3 Å². The van der Waals surface area contributed by atoms with Crippen molar-refractivity contribution in [2.24, 2.45) is 5.10 Å². The lowest BCUT2D eigenvalue weighted by molar-refractivity contribution is 0.628. The molecule has 0 atom stereocenters. The van der Waals surface area contributed by atoms with Gasteiger partial charge < -0.3 is 0 Å². The first-order valence-corrected chi connectivity index (χ1v) is 6.39. The molecule has 7 heteroatoms. The summed E-state index contributed by atoms with van der Waals surface area (Å²) in [6, 6.07) is 9.73. The highest BCUT2D eigenvalue weighted by Crippen LogP contribution is 2.08. The summed E-state index contributed by atoms with van der Waals surface area (Å²) < 4.78 is 14.5. The minimum absolute atomic E-state index is 0.269. The van der Waals surface area contributed by atoms with Gasteiger partial charge in [-0.05, 0) is 43.7 Å². The van der Waals surface area contributed by atoms with Crippen molar-refractivity contribution in [2.45, 2.75) is 13.8 Å². The Hall–Kier alpha value is -2.83. The number of nitrogens with zero attached hydrogens (tertiary/aromatic N) is 5. The third-order valence-electron chi connectivity index (χ3n) is 3.02. The summed E-state index contributed by atoms with van der Waals surface area (Å²) in [5.41, 5.74) is 5.12. The number of aromatic nitrogens is 4. The molecule has 106 valence electrons. The molecule has 0 aliphatic rings. The second-order valence-corrected chi connectivity index (χ2v) is 4.55. The Morgan fingerprint density at radius 2 is 1.90 bits per heavy atom. The highest BCUT2D eigenvalue weighted by molar-refractivity contribution is 5.98. The first-order chi connectivity index (χ1) is 10.1. The van der Waals surface area contributed by atoms with Crippen LogP contribution in [0.4, 0.5) is 10.2 Å². The molecule has 0 fully saturated rings. The van der Waals surface area contributed by atoms with E-state index in [0.29, 0.717) is 17.3 Å². The van der Waals surface area contributed by atoms with Crippen molar-refractivity contribution in [2.75, 3.05) is 5.43 Å². The Kier molecular flexibility index (Phi) is 3.31. The fourth-order valence-electron chi connectivity index (χ4n) is 1.85. The molecule has 1 aromatic carbocycles. The van der Waals surface area contributed by atoms with Gasteiger partial charge in [-0.3, -0.25) is 5.43 Å². The molecule has 0 aliphatic carbocycles. The number of anilines is 1. The van der Waals surface area contributed by atoms with Crippen LogP contribution in [0.5, 0.6) is 0 Å². The van der Waals surface area contributed by atoms with Crippen LogP contribution < -0.4 is 5.43 Å². The number of hydrogen-bond acceptors (Lipinski definition) is 5. The summed E-state index contributed by atoms with van der Waals surface area (Å²) in [6.45, 7) is 3.66. The van der Waals surface area contributed by atoms with Crippen LogP contribution >= 0.6 is 0 Å². The summed E-state index contributed by atoms with van der Waals surface area (Å²) in [4.78, 5) is 0. The molecule has 0 saturated heterocycles. The zero-order valence-electron chi connectivity index (χ0n) is 11.6. The van der Waals surface area contributed by atoms with Gasteiger partial charge in [-0.25, -0.2) is 4.39 Å². The number of aryl methyl sites for hydroxylation is 1. The lowest BCUT2D eigenvalue weighted by atomic mass is 10.1. The first-order valence-electron chi connectivity index (χ1n) is 6.39. The molecule has 0 aliphatic heterocycles. The SMILES string of the molecule is C/C(=N\Nc1ccc2nnc(C)n2n1)c1ccc(F)cc1. The standard InChI is InChI=1S/C14H13FN6/c1-9(11-3-5-12(15)6-4-11)16-18-13-7-8-14-19-17-10(2)21(14)20-13/h3-8H,1-2H3,(H,18,20)/b16-9+. The Balaban J connectivity index is 1.82. The Labute approximate surface area is 120 Å². The molecule has 0 amide bonds. The molecule has 6 nitrogen and oxygen atoms in total. The van der Waals surface area contributed by atoms with Crippen molar-refractivity contribution in [3.63, 3.8) is 0 Å². The van der Waals surface area contributed by atoms with Gasteiger partial charge in [0.05, 0.1) is 5.71 Å². The van der Waals surface area contributed by atoms with Crippen molar-refractivity contribution < 1.29 is 4.39 Å². The number of fused-ring (bicyclic) bond motifs is 1. The first kappa shape index (κ1) is 13.2. The van der Waals surface area contributed by atoms with Crippen LogP contribution in [0.3, 0.4) is 0 Å². The molecule has 3 rings (SSSR count). The number of benzene rings is 1. The molecule has 0 saturated carbocycles. The molecule has 2 aromatic heterocycles. The highest BCUT2D eigenvalue weighted by Gasteiger charge is 2.03. The number of hydrazone groups is 1. The van der Waals surface area contributed by atoms with Crippen LogP contribution in [0.1, 0.15) is 18.3 Å². The lowest BCUT2D eigenvalue weighted by Crippen LogP contribution is -2.03. The van der Waals surface area contributed by atoms with E-state index in [4.69, 9.17) is 0 Å². The second-order valence-electron chi connectivity index (χ2n) is 4.55. The molecule has 2 heterocycles. The van der Waals surface area contributed by atoms with Crippen LogP contribution in [0.25, 0.3) is 5.65 Å². The van der Waals surface area contributed by atoms with Crippen LogP contribution in [0.15, 0.2) is 41.5 Å². The molecular weight excluding hydrogens is 271 g/mol. The minimum atomic E-state index is -0.269. The van der Waals surface area contributed by atoms with Gasteiger partial charge in [-0.2, -0.15) is 9.62 Å². The Morgan fingerprint density at radius 3 is 2.67 bits per heavy atom. The Morgan fingerprint density at radius 1 is 1.14 bits per heavy atom. The second kappa shape index (κ2) is 5.28. The fourth-order valence-corrected chi connectivity index (χ4v) is 1.85. The average molecular weight is 284 g/mol. The molecule has 0 unspecified atom stereocenters. The monoisotopic (exact) mass is 284 g/mol. The summed E-state index contributed by atoms with van der Waals surface area (Å²) in [6.07, 6.45) is 0. The van der Waals surface area contributed by atoms with E-state index in [1.165, 1.54) is 12.1 Å². The smallest absolute Gasteiger partial charge is 0.178 e. The predicted octanol–water partition coefficient (Wildman–Crippen LogP) is 2.41. The zero-order valence-corrected chi connectivity index (χ0v) is 11.6. The summed E-state index contributed by atoms with van der Waals surface area (Å²) in [5.74, 6) is 1.01. The van der Waals surface area contributed by atoms with E-state index >= 15 is 0 Å². The quantitative estimate of drug-likeness (QED) is 0.592. The highest BCUT2D eigenvalue weighted by atomic mass is 19.1. The van der Waals surface area contributed by atoms with Crippen LogP contribution in [-0.4, -0.2) is 25.5 Å². The van der Waals surface area contributed by atoms with Gasteiger partial charge in [-0.1, -0.05) is 12.1 Å². The van der Waals surface area contributed by atoms with E-state index in [9.17, 15) is 4.39 Å². The van der Waals surface area contributed by atoms with E-state index < -0.39 is 0 Å². The molecular formula is C14H13FN6. The molecule has 0 radical (unpaired) electrons. The van der Waals surface area contributed by atoms with Crippen molar-refractivity contribution in [1.82, 2.24) is 19.8 Å². The third kappa shape index (κ3) is 2.71. The predicted molar refractivity (Wildman–Crippen MR) is 77.8 cm³/mol. The fraction of sp³-hybridized carbons (Fsp3) is 0.143. The lowest BCUT2D eigenvalue weighted by Gasteiger charge is -2.03. The number of rotatable bonds is 3. The van der Waals surface area contributed by atoms with Crippen LogP contribution in [0.2, 0.25) is 0 Å². The van der Waals surface area contributed by atoms with E-state index in [2.05, 4.69) is 25.8 Å². The van der Waals surface area contributed by atoms with Crippen molar-refractivity contribution in [1.29, 1.82) is 0 Å². The van der Waals surface area contributed by atoms with E-state index in [1.54, 1.807) is 28.8 Å². The molecule has 21 heavy (non-hydrogen) atoms. The summed E-state index contributed by atoms with van der Waals surface area (Å²) in [7, 11) is 0. The van der Waals surface area contributed by atoms with Crippen LogP contribution in [0, 0.1) is 12.7 Å². The van der Waals surface area contributed by atoms with Gasteiger partial charge in [0.15, 0.2) is 17.3 Å². The third-order valence-corrected chi connectivity index (χ3v) is 3.02.